The SMILES string of the molecule is CC1(C)Cc2nc3sc4c(=O)n(Cc5ccccc5)cnc4c3cc2CO1. The predicted molar refractivity (Wildman–Crippen MR) is 107 cm³/mol. The minimum Gasteiger partial charge on any atom is -0.370 e. The van der Waals surface area contributed by atoms with Gasteiger partial charge in [-0.3, -0.25) is 9.36 Å². The zero-order chi connectivity index (χ0) is 18.6. The van der Waals surface area contributed by atoms with E-state index in [1.165, 1.54) is 11.3 Å². The van der Waals surface area contributed by atoms with Crippen molar-refractivity contribution < 1.29 is 4.74 Å². The zero-order valence-corrected chi connectivity index (χ0v) is 16.0. The van der Waals surface area contributed by atoms with E-state index in [1.54, 1.807) is 10.9 Å². The topological polar surface area (TPSA) is 57.0 Å². The van der Waals surface area contributed by atoms with Crippen LogP contribution < -0.4 is 5.56 Å². The van der Waals surface area contributed by atoms with Crippen LogP contribution in [0, 0.1) is 0 Å². The van der Waals surface area contributed by atoms with Gasteiger partial charge in [-0.1, -0.05) is 30.3 Å². The summed E-state index contributed by atoms with van der Waals surface area (Å²) in [7, 11) is 0. The summed E-state index contributed by atoms with van der Waals surface area (Å²) in [5.74, 6) is 0. The lowest BCUT2D eigenvalue weighted by atomic mass is 9.95. The lowest BCUT2D eigenvalue weighted by molar-refractivity contribution is -0.0411. The monoisotopic (exact) mass is 377 g/mol. The molecule has 3 aromatic heterocycles. The molecule has 27 heavy (non-hydrogen) atoms. The Morgan fingerprint density at radius 1 is 1.26 bits per heavy atom. The molecule has 0 radical (unpaired) electrons. The van der Waals surface area contributed by atoms with E-state index in [0.717, 1.165) is 39.0 Å². The van der Waals surface area contributed by atoms with Gasteiger partial charge in [0.2, 0.25) is 0 Å². The number of pyridine rings is 1. The molecule has 0 fully saturated rings. The molecule has 4 heterocycles. The molecule has 0 aliphatic carbocycles. The fraction of sp³-hybridized carbons (Fsp3) is 0.286. The molecule has 0 spiro atoms. The molecule has 0 amide bonds. The molecule has 4 aromatic rings. The second kappa shape index (κ2) is 5.97. The van der Waals surface area contributed by atoms with E-state index in [1.807, 2.05) is 30.3 Å². The third-order valence-corrected chi connectivity index (χ3v) is 6.09. The van der Waals surface area contributed by atoms with Gasteiger partial charge >= 0.3 is 0 Å². The Morgan fingerprint density at radius 2 is 2.07 bits per heavy atom. The van der Waals surface area contributed by atoms with Crippen LogP contribution >= 0.6 is 11.3 Å². The maximum absolute atomic E-state index is 13.0. The van der Waals surface area contributed by atoms with Gasteiger partial charge in [0.05, 0.1) is 36.3 Å². The van der Waals surface area contributed by atoms with Crippen LogP contribution in [0.4, 0.5) is 0 Å². The molecule has 5 rings (SSSR count). The number of hydrogen-bond donors (Lipinski definition) is 0. The summed E-state index contributed by atoms with van der Waals surface area (Å²) in [5.41, 5.74) is 3.76. The molecule has 1 aliphatic rings. The Kier molecular flexibility index (Phi) is 3.67. The van der Waals surface area contributed by atoms with Gasteiger partial charge in [0.25, 0.3) is 5.56 Å². The fourth-order valence-corrected chi connectivity index (χ4v) is 4.65. The largest absolute Gasteiger partial charge is 0.370 e. The standard InChI is InChI=1S/C21H19N3O2S/c1-21(2)9-16-14(11-26-21)8-15-17-18(27-19(15)23-16)20(25)24(12-22-17)10-13-6-4-3-5-7-13/h3-8,12H,9-11H2,1-2H3. The Bertz CT molecular complexity index is 1230. The molecule has 0 atom stereocenters. The molecular weight excluding hydrogens is 358 g/mol. The molecule has 1 aromatic carbocycles. The number of nitrogens with zero attached hydrogens (tertiary/aromatic N) is 3. The van der Waals surface area contributed by atoms with Gasteiger partial charge in [0, 0.05) is 17.4 Å². The number of benzene rings is 1. The predicted octanol–water partition coefficient (Wildman–Crippen LogP) is 3.91. The van der Waals surface area contributed by atoms with E-state index < -0.39 is 0 Å². The molecule has 5 nitrogen and oxygen atoms in total. The fourth-order valence-electron chi connectivity index (χ4n) is 3.57. The summed E-state index contributed by atoms with van der Waals surface area (Å²) in [6.07, 6.45) is 2.42. The maximum Gasteiger partial charge on any atom is 0.271 e. The van der Waals surface area contributed by atoms with E-state index in [2.05, 4.69) is 24.9 Å². The summed E-state index contributed by atoms with van der Waals surface area (Å²) in [4.78, 5) is 23.3. The first-order valence-electron chi connectivity index (χ1n) is 8.98. The quantitative estimate of drug-likeness (QED) is 0.531. The Labute approximate surface area is 160 Å². The van der Waals surface area contributed by atoms with Crippen molar-refractivity contribution >= 4 is 31.8 Å². The van der Waals surface area contributed by atoms with Crippen molar-refractivity contribution in [2.45, 2.75) is 39.0 Å². The van der Waals surface area contributed by atoms with Crippen LogP contribution in [0.15, 0.2) is 47.5 Å². The first-order chi connectivity index (χ1) is 13.0. The van der Waals surface area contributed by atoms with Gasteiger partial charge in [-0.25, -0.2) is 9.97 Å². The second-order valence-corrected chi connectivity index (χ2v) is 8.61. The molecule has 0 saturated carbocycles. The first kappa shape index (κ1) is 16.6. The summed E-state index contributed by atoms with van der Waals surface area (Å²) in [6, 6.07) is 12.0. The highest BCUT2D eigenvalue weighted by Crippen LogP contribution is 2.34. The molecule has 0 bridgehead atoms. The third-order valence-electron chi connectivity index (χ3n) is 5.01. The molecular formula is C21H19N3O2S. The highest BCUT2D eigenvalue weighted by molar-refractivity contribution is 7.25. The van der Waals surface area contributed by atoms with Gasteiger partial charge in [0.15, 0.2) is 0 Å². The summed E-state index contributed by atoms with van der Waals surface area (Å²) in [5, 5.41) is 0.945. The zero-order valence-electron chi connectivity index (χ0n) is 15.2. The van der Waals surface area contributed by atoms with Crippen molar-refractivity contribution in [2.24, 2.45) is 0 Å². The summed E-state index contributed by atoms with van der Waals surface area (Å²) >= 11 is 1.44. The number of rotatable bonds is 2. The molecule has 0 N–H and O–H groups in total. The Hall–Kier alpha value is -2.57. The highest BCUT2D eigenvalue weighted by Gasteiger charge is 2.28. The van der Waals surface area contributed by atoms with Gasteiger partial charge in [-0.05, 0) is 25.5 Å². The Balaban J connectivity index is 1.64. The van der Waals surface area contributed by atoms with Crippen molar-refractivity contribution in [1.29, 1.82) is 0 Å². The molecule has 6 heteroatoms. The average molecular weight is 377 g/mol. The van der Waals surface area contributed by atoms with Crippen LogP contribution in [0.1, 0.15) is 30.7 Å². The molecule has 1 aliphatic heterocycles. The van der Waals surface area contributed by atoms with Crippen LogP contribution in [0.2, 0.25) is 0 Å². The van der Waals surface area contributed by atoms with Crippen LogP contribution in [0.5, 0.6) is 0 Å². The van der Waals surface area contributed by atoms with Crippen molar-refractivity contribution in [3.63, 3.8) is 0 Å². The van der Waals surface area contributed by atoms with Crippen molar-refractivity contribution in [1.82, 2.24) is 14.5 Å². The Morgan fingerprint density at radius 3 is 2.89 bits per heavy atom. The smallest absolute Gasteiger partial charge is 0.271 e. The van der Waals surface area contributed by atoms with Gasteiger partial charge in [-0.15, -0.1) is 11.3 Å². The second-order valence-electron chi connectivity index (χ2n) is 7.62. The number of ether oxygens (including phenoxy) is 1. The third kappa shape index (κ3) is 2.85. The normalized spacial score (nSPS) is 15.9. The molecule has 0 unspecified atom stereocenters. The lowest BCUT2D eigenvalue weighted by Gasteiger charge is -2.30. The minimum absolute atomic E-state index is 0.0126. The van der Waals surface area contributed by atoms with Crippen molar-refractivity contribution in [3.05, 3.63) is 69.9 Å². The number of thiophene rings is 1. The number of aromatic nitrogens is 3. The van der Waals surface area contributed by atoms with Gasteiger partial charge < -0.3 is 4.74 Å². The summed E-state index contributed by atoms with van der Waals surface area (Å²) in [6.45, 7) is 5.23. The van der Waals surface area contributed by atoms with E-state index in [4.69, 9.17) is 9.72 Å². The van der Waals surface area contributed by atoms with Crippen LogP contribution in [-0.4, -0.2) is 20.1 Å². The van der Waals surface area contributed by atoms with Crippen LogP contribution in [0.25, 0.3) is 20.4 Å². The number of fused-ring (bicyclic) bond motifs is 4. The highest BCUT2D eigenvalue weighted by atomic mass is 32.1. The van der Waals surface area contributed by atoms with Crippen LogP contribution in [-0.2, 0) is 24.3 Å². The minimum atomic E-state index is -0.203. The van der Waals surface area contributed by atoms with Crippen LogP contribution in [0.3, 0.4) is 0 Å². The van der Waals surface area contributed by atoms with E-state index in [0.29, 0.717) is 17.9 Å². The molecule has 0 saturated heterocycles. The van der Waals surface area contributed by atoms with E-state index in [-0.39, 0.29) is 11.2 Å². The maximum atomic E-state index is 13.0. The van der Waals surface area contributed by atoms with Crippen molar-refractivity contribution in [2.75, 3.05) is 0 Å². The first-order valence-corrected chi connectivity index (χ1v) is 9.80. The van der Waals surface area contributed by atoms with Gasteiger partial charge in [-0.2, -0.15) is 0 Å². The van der Waals surface area contributed by atoms with Gasteiger partial charge in [0.1, 0.15) is 9.53 Å². The van der Waals surface area contributed by atoms with E-state index >= 15 is 0 Å². The van der Waals surface area contributed by atoms with E-state index in [9.17, 15) is 4.79 Å². The molecule has 136 valence electrons. The lowest BCUT2D eigenvalue weighted by Crippen LogP contribution is -2.32. The number of hydrogen-bond acceptors (Lipinski definition) is 5. The summed E-state index contributed by atoms with van der Waals surface area (Å²) < 4.78 is 8.25. The van der Waals surface area contributed by atoms with Crippen molar-refractivity contribution in [3.8, 4) is 0 Å². The average Bonchev–Trinajstić information content (AvgIpc) is 3.01.